The highest BCUT2D eigenvalue weighted by Crippen LogP contribution is 2.35. The zero-order chi connectivity index (χ0) is 12.9. The van der Waals surface area contributed by atoms with Gasteiger partial charge in [0.25, 0.3) is 0 Å². The van der Waals surface area contributed by atoms with Gasteiger partial charge in [-0.1, -0.05) is 47.5 Å². The highest BCUT2D eigenvalue weighted by Gasteiger charge is 2.26. The van der Waals surface area contributed by atoms with Gasteiger partial charge in [0, 0.05) is 6.04 Å². The summed E-state index contributed by atoms with van der Waals surface area (Å²) in [5.41, 5.74) is 0.480. The molecule has 0 spiro atoms. The average molecular weight is 239 g/mol. The Morgan fingerprint density at radius 2 is 1.88 bits per heavy atom. The van der Waals surface area contributed by atoms with Gasteiger partial charge in [-0.05, 0) is 49.5 Å². The van der Waals surface area contributed by atoms with Gasteiger partial charge < -0.3 is 5.32 Å². The molecule has 0 amide bonds. The summed E-state index contributed by atoms with van der Waals surface area (Å²) < 4.78 is 0. The third kappa shape index (κ3) is 7.81. The fourth-order valence-corrected chi connectivity index (χ4v) is 2.98. The SMILES string of the molecule is CCCNC(CC(C)CC(C)(C)C)CC1CC1. The van der Waals surface area contributed by atoms with Crippen molar-refractivity contribution in [2.45, 2.75) is 79.2 Å². The molecule has 1 aliphatic carbocycles. The molecule has 2 atom stereocenters. The van der Waals surface area contributed by atoms with Crippen LogP contribution in [0.2, 0.25) is 0 Å². The molecule has 1 heteroatoms. The van der Waals surface area contributed by atoms with Crippen molar-refractivity contribution in [2.24, 2.45) is 17.3 Å². The normalized spacial score (nSPS) is 20.3. The first kappa shape index (κ1) is 15.0. The van der Waals surface area contributed by atoms with Crippen molar-refractivity contribution >= 4 is 0 Å². The standard InChI is InChI=1S/C16H33N/c1-6-9-17-15(11-14-7-8-14)10-13(2)12-16(3,4)5/h13-15,17H,6-12H2,1-5H3. The minimum atomic E-state index is 0.480. The predicted molar refractivity (Wildman–Crippen MR) is 77.3 cm³/mol. The van der Waals surface area contributed by atoms with E-state index < -0.39 is 0 Å². The Morgan fingerprint density at radius 1 is 1.24 bits per heavy atom. The summed E-state index contributed by atoms with van der Waals surface area (Å²) in [5.74, 6) is 1.90. The third-order valence-corrected chi connectivity index (χ3v) is 3.65. The van der Waals surface area contributed by atoms with E-state index in [0.29, 0.717) is 5.41 Å². The Labute approximate surface area is 109 Å². The Morgan fingerprint density at radius 3 is 2.35 bits per heavy atom. The molecule has 1 saturated carbocycles. The van der Waals surface area contributed by atoms with Gasteiger partial charge in [-0.15, -0.1) is 0 Å². The van der Waals surface area contributed by atoms with E-state index >= 15 is 0 Å². The van der Waals surface area contributed by atoms with E-state index in [1.807, 2.05) is 0 Å². The molecule has 1 aliphatic rings. The third-order valence-electron chi connectivity index (χ3n) is 3.65. The van der Waals surface area contributed by atoms with E-state index in [0.717, 1.165) is 17.9 Å². The maximum absolute atomic E-state index is 3.76. The summed E-state index contributed by atoms with van der Waals surface area (Å²) in [4.78, 5) is 0. The van der Waals surface area contributed by atoms with Crippen molar-refractivity contribution in [3.8, 4) is 0 Å². The minimum absolute atomic E-state index is 0.480. The molecule has 0 heterocycles. The summed E-state index contributed by atoms with van der Waals surface area (Å²) in [7, 11) is 0. The van der Waals surface area contributed by atoms with Gasteiger partial charge in [-0.25, -0.2) is 0 Å². The number of rotatable bonds is 8. The van der Waals surface area contributed by atoms with Crippen molar-refractivity contribution in [1.29, 1.82) is 0 Å². The zero-order valence-corrected chi connectivity index (χ0v) is 12.7. The second kappa shape index (κ2) is 6.78. The highest BCUT2D eigenvalue weighted by molar-refractivity contribution is 4.82. The van der Waals surface area contributed by atoms with Gasteiger partial charge >= 0.3 is 0 Å². The van der Waals surface area contributed by atoms with Crippen LogP contribution in [0.1, 0.15) is 73.1 Å². The molecule has 102 valence electrons. The lowest BCUT2D eigenvalue weighted by atomic mass is 9.82. The molecule has 0 aliphatic heterocycles. The molecule has 0 bridgehead atoms. The van der Waals surface area contributed by atoms with Crippen molar-refractivity contribution < 1.29 is 0 Å². The summed E-state index contributed by atoms with van der Waals surface area (Å²) in [6.07, 6.45) is 8.37. The monoisotopic (exact) mass is 239 g/mol. The van der Waals surface area contributed by atoms with Gasteiger partial charge in [-0.3, -0.25) is 0 Å². The molecule has 2 unspecified atom stereocenters. The molecule has 0 aromatic rings. The predicted octanol–water partition coefficient (Wildman–Crippen LogP) is 4.62. The van der Waals surface area contributed by atoms with E-state index in [1.165, 1.54) is 45.1 Å². The lowest BCUT2D eigenvalue weighted by Crippen LogP contribution is -2.32. The van der Waals surface area contributed by atoms with Crippen molar-refractivity contribution in [3.63, 3.8) is 0 Å². The maximum atomic E-state index is 3.76. The van der Waals surface area contributed by atoms with Crippen molar-refractivity contribution in [1.82, 2.24) is 5.32 Å². The van der Waals surface area contributed by atoms with E-state index in [1.54, 1.807) is 0 Å². The highest BCUT2D eigenvalue weighted by atomic mass is 14.9. The van der Waals surface area contributed by atoms with Gasteiger partial charge in [-0.2, -0.15) is 0 Å². The first-order chi connectivity index (χ1) is 7.90. The fourth-order valence-electron chi connectivity index (χ4n) is 2.98. The Bertz CT molecular complexity index is 200. The van der Waals surface area contributed by atoms with Crippen LogP contribution in [0.25, 0.3) is 0 Å². The van der Waals surface area contributed by atoms with Crippen molar-refractivity contribution in [2.75, 3.05) is 6.54 Å². The van der Waals surface area contributed by atoms with Crippen molar-refractivity contribution in [3.05, 3.63) is 0 Å². The van der Waals surface area contributed by atoms with Crippen LogP contribution in [0.15, 0.2) is 0 Å². The van der Waals surface area contributed by atoms with Gasteiger partial charge in [0.15, 0.2) is 0 Å². The van der Waals surface area contributed by atoms with E-state index in [2.05, 4.69) is 39.9 Å². The molecule has 1 N–H and O–H groups in total. The topological polar surface area (TPSA) is 12.0 Å². The Balaban J connectivity index is 2.29. The largest absolute Gasteiger partial charge is 0.314 e. The first-order valence-electron chi connectivity index (χ1n) is 7.64. The summed E-state index contributed by atoms with van der Waals surface area (Å²) in [6.45, 7) is 13.0. The van der Waals surface area contributed by atoms with Crippen LogP contribution in [0.3, 0.4) is 0 Å². The van der Waals surface area contributed by atoms with Gasteiger partial charge in [0.05, 0.1) is 0 Å². The molecule has 17 heavy (non-hydrogen) atoms. The summed E-state index contributed by atoms with van der Waals surface area (Å²) >= 11 is 0. The zero-order valence-electron chi connectivity index (χ0n) is 12.7. The molecule has 0 aromatic carbocycles. The van der Waals surface area contributed by atoms with Crippen LogP contribution in [-0.2, 0) is 0 Å². The second-order valence-electron chi connectivity index (χ2n) is 7.44. The van der Waals surface area contributed by atoms with Crippen LogP contribution in [-0.4, -0.2) is 12.6 Å². The summed E-state index contributed by atoms with van der Waals surface area (Å²) in [5, 5.41) is 3.76. The molecule has 1 fully saturated rings. The molecule has 0 saturated heterocycles. The summed E-state index contributed by atoms with van der Waals surface area (Å²) in [6, 6.07) is 0.778. The number of nitrogens with one attached hydrogen (secondary N) is 1. The quantitative estimate of drug-likeness (QED) is 0.652. The van der Waals surface area contributed by atoms with Crippen LogP contribution in [0, 0.1) is 17.3 Å². The average Bonchev–Trinajstić information content (AvgIpc) is 2.94. The van der Waals surface area contributed by atoms with E-state index in [-0.39, 0.29) is 0 Å². The van der Waals surface area contributed by atoms with Gasteiger partial charge in [0.2, 0.25) is 0 Å². The molecule has 1 nitrogen and oxygen atoms in total. The molecule has 0 radical (unpaired) electrons. The van der Waals surface area contributed by atoms with E-state index in [4.69, 9.17) is 0 Å². The van der Waals surface area contributed by atoms with E-state index in [9.17, 15) is 0 Å². The second-order valence-corrected chi connectivity index (χ2v) is 7.44. The van der Waals surface area contributed by atoms with Crippen LogP contribution >= 0.6 is 0 Å². The Hall–Kier alpha value is -0.0400. The smallest absolute Gasteiger partial charge is 0.00722 e. The fraction of sp³-hybridized carbons (Fsp3) is 1.00. The molecular formula is C16H33N. The lowest BCUT2D eigenvalue weighted by Gasteiger charge is -2.27. The lowest BCUT2D eigenvalue weighted by molar-refractivity contribution is 0.268. The van der Waals surface area contributed by atoms with Crippen LogP contribution < -0.4 is 5.32 Å². The number of hydrogen-bond donors (Lipinski definition) is 1. The van der Waals surface area contributed by atoms with Crippen LogP contribution in [0.5, 0.6) is 0 Å². The van der Waals surface area contributed by atoms with Crippen LogP contribution in [0.4, 0.5) is 0 Å². The molecule has 1 rings (SSSR count). The molecular weight excluding hydrogens is 206 g/mol. The minimum Gasteiger partial charge on any atom is -0.314 e. The maximum Gasteiger partial charge on any atom is 0.00722 e. The Kier molecular flexibility index (Phi) is 5.99. The van der Waals surface area contributed by atoms with Gasteiger partial charge in [0.1, 0.15) is 0 Å². The first-order valence-corrected chi connectivity index (χ1v) is 7.64. The molecule has 0 aromatic heterocycles. The number of hydrogen-bond acceptors (Lipinski definition) is 1.